The van der Waals surface area contributed by atoms with Crippen LogP contribution in [0, 0.1) is 0 Å². The Bertz CT molecular complexity index is 617. The lowest BCUT2D eigenvalue weighted by Gasteiger charge is -2.12. The van der Waals surface area contributed by atoms with Crippen LogP contribution in [0.25, 0.3) is 11.1 Å². The summed E-state index contributed by atoms with van der Waals surface area (Å²) < 4.78 is 5.89. The Balaban J connectivity index is 0.00000288. The molecular weight excluding hydrogens is 413 g/mol. The van der Waals surface area contributed by atoms with E-state index in [1.807, 2.05) is 36.4 Å². The van der Waals surface area contributed by atoms with E-state index < -0.39 is 0 Å². The van der Waals surface area contributed by atoms with E-state index in [0.717, 1.165) is 36.3 Å². The first-order chi connectivity index (χ1) is 11.3. The van der Waals surface area contributed by atoms with Gasteiger partial charge in [0.2, 0.25) is 0 Å². The molecule has 2 aromatic rings. The molecule has 130 valence electrons. The van der Waals surface area contributed by atoms with Crippen molar-refractivity contribution in [3.63, 3.8) is 0 Å². The van der Waals surface area contributed by atoms with Gasteiger partial charge in [-0.3, -0.25) is 4.99 Å². The van der Waals surface area contributed by atoms with Crippen LogP contribution >= 0.6 is 24.0 Å². The van der Waals surface area contributed by atoms with Gasteiger partial charge in [-0.05, 0) is 18.1 Å². The number of ether oxygens (including phenoxy) is 1. The topological polar surface area (TPSA) is 59.6 Å². The van der Waals surface area contributed by atoms with Gasteiger partial charge in [0.25, 0.3) is 0 Å². The average molecular weight is 439 g/mol. The fraction of sp³-hybridized carbons (Fsp3) is 0.316. The molecule has 2 aromatic carbocycles. The van der Waals surface area contributed by atoms with Gasteiger partial charge in [-0.25, -0.2) is 0 Å². The molecule has 0 saturated heterocycles. The standard InChI is InChI=1S/C19H25N3O.HI/c1-2-3-13-21-19(20)22-14-15-23-18-12-8-7-11-17(18)16-9-5-4-6-10-16;/h4-12H,2-3,13-15H2,1H3,(H3,20,21,22);1H. The summed E-state index contributed by atoms with van der Waals surface area (Å²) in [5.41, 5.74) is 8.04. The number of aliphatic imine (C=N–C) groups is 1. The lowest BCUT2D eigenvalue weighted by molar-refractivity contribution is 0.323. The predicted octanol–water partition coefficient (Wildman–Crippen LogP) is 4.05. The number of nitrogens with one attached hydrogen (secondary N) is 1. The number of benzene rings is 2. The van der Waals surface area contributed by atoms with E-state index in [0.29, 0.717) is 19.1 Å². The summed E-state index contributed by atoms with van der Waals surface area (Å²) in [6.45, 7) is 4.07. The predicted molar refractivity (Wildman–Crippen MR) is 112 cm³/mol. The van der Waals surface area contributed by atoms with Crippen LogP contribution in [0.5, 0.6) is 5.75 Å². The number of guanidine groups is 1. The Morgan fingerprint density at radius 3 is 2.54 bits per heavy atom. The molecule has 0 atom stereocenters. The van der Waals surface area contributed by atoms with Crippen LogP contribution in [0.3, 0.4) is 0 Å². The minimum absolute atomic E-state index is 0. The van der Waals surface area contributed by atoms with E-state index >= 15 is 0 Å². The molecule has 0 heterocycles. The maximum absolute atomic E-state index is 5.89. The summed E-state index contributed by atoms with van der Waals surface area (Å²) in [7, 11) is 0. The average Bonchev–Trinajstić information content (AvgIpc) is 2.60. The number of rotatable bonds is 8. The Morgan fingerprint density at radius 1 is 1.08 bits per heavy atom. The molecule has 0 aliphatic heterocycles. The second-order valence-corrected chi connectivity index (χ2v) is 5.26. The molecule has 0 saturated carbocycles. The second kappa shape index (κ2) is 11.7. The summed E-state index contributed by atoms with van der Waals surface area (Å²) >= 11 is 0. The van der Waals surface area contributed by atoms with Crippen LogP contribution < -0.4 is 15.8 Å². The fourth-order valence-electron chi connectivity index (χ4n) is 2.20. The van der Waals surface area contributed by atoms with Crippen LogP contribution in [0.15, 0.2) is 59.6 Å². The first-order valence-corrected chi connectivity index (χ1v) is 8.12. The van der Waals surface area contributed by atoms with E-state index in [4.69, 9.17) is 10.5 Å². The lowest BCUT2D eigenvalue weighted by atomic mass is 10.1. The van der Waals surface area contributed by atoms with Gasteiger partial charge in [0.15, 0.2) is 5.96 Å². The number of hydrogen-bond acceptors (Lipinski definition) is 2. The van der Waals surface area contributed by atoms with Crippen molar-refractivity contribution in [2.45, 2.75) is 19.8 Å². The molecule has 5 heteroatoms. The first-order valence-electron chi connectivity index (χ1n) is 8.12. The SMILES string of the molecule is CCCCN=C(N)NCCOc1ccccc1-c1ccccc1.I. The van der Waals surface area contributed by atoms with Crippen LogP contribution in [0.2, 0.25) is 0 Å². The highest BCUT2D eigenvalue weighted by atomic mass is 127. The second-order valence-electron chi connectivity index (χ2n) is 5.26. The van der Waals surface area contributed by atoms with Crippen LogP contribution in [0.4, 0.5) is 0 Å². The van der Waals surface area contributed by atoms with Crippen molar-refractivity contribution in [3.05, 3.63) is 54.6 Å². The number of hydrogen-bond donors (Lipinski definition) is 2. The molecule has 0 aliphatic carbocycles. The van der Waals surface area contributed by atoms with E-state index in [-0.39, 0.29) is 24.0 Å². The Kier molecular flexibility index (Phi) is 9.91. The molecule has 0 aromatic heterocycles. The zero-order valence-corrected chi connectivity index (χ0v) is 16.4. The highest BCUT2D eigenvalue weighted by molar-refractivity contribution is 14.0. The first kappa shape index (κ1) is 20.3. The third-order valence-electron chi connectivity index (χ3n) is 3.43. The van der Waals surface area contributed by atoms with Crippen molar-refractivity contribution >= 4 is 29.9 Å². The molecule has 3 N–H and O–H groups in total. The van der Waals surface area contributed by atoms with Gasteiger partial charge in [0.1, 0.15) is 12.4 Å². The van der Waals surface area contributed by atoms with Crippen molar-refractivity contribution in [1.29, 1.82) is 0 Å². The molecule has 0 aliphatic rings. The van der Waals surface area contributed by atoms with Crippen LogP contribution in [-0.2, 0) is 0 Å². The van der Waals surface area contributed by atoms with Gasteiger partial charge in [-0.1, -0.05) is 61.9 Å². The number of nitrogens with two attached hydrogens (primary N) is 1. The summed E-state index contributed by atoms with van der Waals surface area (Å²) in [6.07, 6.45) is 2.18. The highest BCUT2D eigenvalue weighted by Crippen LogP contribution is 2.29. The maximum Gasteiger partial charge on any atom is 0.188 e. The van der Waals surface area contributed by atoms with Gasteiger partial charge < -0.3 is 15.8 Å². The highest BCUT2D eigenvalue weighted by Gasteiger charge is 2.04. The monoisotopic (exact) mass is 439 g/mol. The Labute approximate surface area is 161 Å². The maximum atomic E-state index is 5.89. The third kappa shape index (κ3) is 6.78. The molecule has 0 spiro atoms. The number of unbranched alkanes of at least 4 members (excludes halogenated alkanes) is 1. The normalized spacial score (nSPS) is 10.8. The minimum atomic E-state index is 0. The quantitative estimate of drug-likeness (QED) is 0.282. The Morgan fingerprint density at radius 2 is 1.79 bits per heavy atom. The van der Waals surface area contributed by atoms with Crippen LogP contribution in [0.1, 0.15) is 19.8 Å². The number of para-hydroxylation sites is 1. The van der Waals surface area contributed by atoms with Gasteiger partial charge in [-0.2, -0.15) is 0 Å². The van der Waals surface area contributed by atoms with Crippen molar-refractivity contribution in [1.82, 2.24) is 5.32 Å². The zero-order valence-electron chi connectivity index (χ0n) is 14.1. The summed E-state index contributed by atoms with van der Waals surface area (Å²) in [6, 6.07) is 18.3. The van der Waals surface area contributed by atoms with Gasteiger partial charge >= 0.3 is 0 Å². The van der Waals surface area contributed by atoms with Crippen molar-refractivity contribution in [2.75, 3.05) is 19.7 Å². The third-order valence-corrected chi connectivity index (χ3v) is 3.43. The van der Waals surface area contributed by atoms with E-state index in [1.54, 1.807) is 0 Å². The summed E-state index contributed by atoms with van der Waals surface area (Å²) in [4.78, 5) is 4.25. The van der Waals surface area contributed by atoms with E-state index in [9.17, 15) is 0 Å². The molecule has 2 rings (SSSR count). The number of nitrogens with zero attached hydrogens (tertiary/aromatic N) is 1. The molecule has 0 fully saturated rings. The van der Waals surface area contributed by atoms with Crippen molar-refractivity contribution < 1.29 is 4.74 Å². The molecule has 0 bridgehead atoms. The molecule has 0 radical (unpaired) electrons. The number of halogens is 1. The van der Waals surface area contributed by atoms with Gasteiger partial charge in [-0.15, -0.1) is 24.0 Å². The Hall–Kier alpha value is -1.76. The van der Waals surface area contributed by atoms with Gasteiger partial charge in [0, 0.05) is 12.1 Å². The molecular formula is C19H26IN3O. The van der Waals surface area contributed by atoms with Crippen molar-refractivity contribution in [3.8, 4) is 16.9 Å². The lowest BCUT2D eigenvalue weighted by Crippen LogP contribution is -2.34. The van der Waals surface area contributed by atoms with Gasteiger partial charge in [0.05, 0.1) is 6.54 Å². The van der Waals surface area contributed by atoms with E-state index in [1.165, 1.54) is 0 Å². The summed E-state index contributed by atoms with van der Waals surface area (Å²) in [5, 5.41) is 3.07. The smallest absolute Gasteiger partial charge is 0.188 e. The van der Waals surface area contributed by atoms with E-state index in [2.05, 4.69) is 35.4 Å². The molecule has 0 amide bonds. The summed E-state index contributed by atoms with van der Waals surface area (Å²) in [5.74, 6) is 1.36. The molecule has 4 nitrogen and oxygen atoms in total. The fourth-order valence-corrected chi connectivity index (χ4v) is 2.20. The molecule has 0 unspecified atom stereocenters. The minimum Gasteiger partial charge on any atom is -0.491 e. The molecule has 24 heavy (non-hydrogen) atoms. The zero-order chi connectivity index (χ0) is 16.3. The largest absolute Gasteiger partial charge is 0.491 e. The van der Waals surface area contributed by atoms with Crippen molar-refractivity contribution in [2.24, 2.45) is 10.7 Å². The van der Waals surface area contributed by atoms with Crippen LogP contribution in [-0.4, -0.2) is 25.7 Å².